The Morgan fingerprint density at radius 1 is 1.15 bits per heavy atom. The van der Waals surface area contributed by atoms with Crippen molar-refractivity contribution in [3.8, 4) is 5.75 Å². The molecule has 0 aliphatic heterocycles. The Balaban J connectivity index is 2.56. The van der Waals surface area contributed by atoms with Gasteiger partial charge in [-0.25, -0.2) is 0 Å². The third-order valence-corrected chi connectivity index (χ3v) is 2.99. The number of hydrogen-bond acceptors (Lipinski definition) is 3. The van der Waals surface area contributed by atoms with Gasteiger partial charge in [-0.05, 0) is 49.9 Å². The minimum atomic E-state index is -0.453. The number of aryl methyl sites for hydroxylation is 2. The van der Waals surface area contributed by atoms with E-state index in [0.29, 0.717) is 5.75 Å². The minimum Gasteiger partial charge on any atom is -0.484 e. The van der Waals surface area contributed by atoms with Crippen molar-refractivity contribution >= 4 is 11.7 Å². The predicted molar refractivity (Wildman–Crippen MR) is 78.9 cm³/mol. The molecule has 0 spiro atoms. The van der Waals surface area contributed by atoms with E-state index in [2.05, 4.69) is 5.32 Å². The maximum atomic E-state index is 11.8. The fourth-order valence-corrected chi connectivity index (χ4v) is 2.12. The zero-order chi connectivity index (χ0) is 15.3. The zero-order valence-electron chi connectivity index (χ0n) is 12.8. The molecule has 0 saturated heterocycles. The number of carbonyl (C=O) groups is 2. The molecule has 1 aromatic rings. The lowest BCUT2D eigenvalue weighted by molar-refractivity contribution is -0.129. The molecule has 1 unspecified atom stereocenters. The van der Waals surface area contributed by atoms with Crippen molar-refractivity contribution in [2.24, 2.45) is 5.92 Å². The molecule has 4 heteroatoms. The summed E-state index contributed by atoms with van der Waals surface area (Å²) in [5.74, 6) is 0.414. The first-order valence-corrected chi connectivity index (χ1v) is 6.80. The van der Waals surface area contributed by atoms with Crippen molar-refractivity contribution < 1.29 is 14.3 Å². The highest BCUT2D eigenvalue weighted by atomic mass is 16.5. The first-order valence-electron chi connectivity index (χ1n) is 6.80. The maximum absolute atomic E-state index is 11.8. The molecule has 0 bridgehead atoms. The number of carbonyl (C=O) groups excluding carboxylic acids is 2. The number of nitrogens with one attached hydrogen (secondary N) is 1. The van der Waals surface area contributed by atoms with Crippen LogP contribution >= 0.6 is 0 Å². The topological polar surface area (TPSA) is 55.4 Å². The third kappa shape index (κ3) is 5.03. The molecule has 0 heterocycles. The first kappa shape index (κ1) is 16.2. The van der Waals surface area contributed by atoms with Crippen molar-refractivity contribution in [3.05, 3.63) is 29.3 Å². The van der Waals surface area contributed by atoms with E-state index in [1.165, 1.54) is 6.92 Å². The van der Waals surface area contributed by atoms with Crippen LogP contribution in [-0.4, -0.2) is 24.3 Å². The molecule has 0 radical (unpaired) electrons. The van der Waals surface area contributed by atoms with Gasteiger partial charge in [-0.15, -0.1) is 0 Å². The smallest absolute Gasteiger partial charge is 0.258 e. The Morgan fingerprint density at radius 2 is 1.70 bits per heavy atom. The van der Waals surface area contributed by atoms with Crippen LogP contribution in [0.2, 0.25) is 0 Å². The first-order chi connectivity index (χ1) is 9.29. The number of rotatable bonds is 6. The Labute approximate surface area is 120 Å². The van der Waals surface area contributed by atoms with E-state index < -0.39 is 6.04 Å². The fraction of sp³-hybridized carbons (Fsp3) is 0.500. The highest BCUT2D eigenvalue weighted by molar-refractivity contribution is 5.88. The Hall–Kier alpha value is -1.84. The Bertz CT molecular complexity index is 474. The molecule has 4 nitrogen and oxygen atoms in total. The average molecular weight is 277 g/mol. The van der Waals surface area contributed by atoms with Gasteiger partial charge in [0.05, 0.1) is 6.04 Å². The molecule has 0 aromatic heterocycles. The van der Waals surface area contributed by atoms with Crippen molar-refractivity contribution in [3.63, 3.8) is 0 Å². The van der Waals surface area contributed by atoms with Gasteiger partial charge in [-0.2, -0.15) is 0 Å². The van der Waals surface area contributed by atoms with E-state index in [0.717, 1.165) is 11.1 Å². The highest BCUT2D eigenvalue weighted by Gasteiger charge is 2.20. The summed E-state index contributed by atoms with van der Waals surface area (Å²) < 4.78 is 5.47. The molecule has 1 atom stereocenters. The summed E-state index contributed by atoms with van der Waals surface area (Å²) in [5.41, 5.74) is 2.17. The van der Waals surface area contributed by atoms with E-state index in [1.807, 2.05) is 45.9 Å². The molecule has 1 rings (SSSR count). The van der Waals surface area contributed by atoms with Gasteiger partial charge in [-0.3, -0.25) is 9.59 Å². The molecular formula is C16H23NO3. The van der Waals surface area contributed by atoms with Gasteiger partial charge in [0.25, 0.3) is 5.91 Å². The molecule has 1 amide bonds. The number of benzene rings is 1. The summed E-state index contributed by atoms with van der Waals surface area (Å²) in [6.45, 7) is 9.15. The SMILES string of the molecule is CC(=O)C(NC(=O)COc1cc(C)cc(C)c1)C(C)C. The van der Waals surface area contributed by atoms with E-state index in [-0.39, 0.29) is 24.2 Å². The van der Waals surface area contributed by atoms with E-state index in [9.17, 15) is 9.59 Å². The van der Waals surface area contributed by atoms with Gasteiger partial charge in [0.2, 0.25) is 0 Å². The number of amides is 1. The molecule has 0 aliphatic rings. The van der Waals surface area contributed by atoms with Crippen LogP contribution in [0.3, 0.4) is 0 Å². The maximum Gasteiger partial charge on any atom is 0.258 e. The summed E-state index contributed by atoms with van der Waals surface area (Å²) in [6.07, 6.45) is 0. The van der Waals surface area contributed by atoms with Gasteiger partial charge < -0.3 is 10.1 Å². The van der Waals surface area contributed by atoms with Crippen LogP contribution < -0.4 is 10.1 Å². The van der Waals surface area contributed by atoms with Crippen molar-refractivity contribution in [1.82, 2.24) is 5.32 Å². The van der Waals surface area contributed by atoms with Crippen LogP contribution in [0.5, 0.6) is 5.75 Å². The Kier molecular flexibility index (Phi) is 5.74. The van der Waals surface area contributed by atoms with Crippen LogP contribution in [0, 0.1) is 19.8 Å². The second kappa shape index (κ2) is 7.08. The molecule has 20 heavy (non-hydrogen) atoms. The second-order valence-electron chi connectivity index (χ2n) is 5.51. The predicted octanol–water partition coefficient (Wildman–Crippen LogP) is 2.41. The van der Waals surface area contributed by atoms with Gasteiger partial charge in [0.15, 0.2) is 12.4 Å². The van der Waals surface area contributed by atoms with Crippen LogP contribution in [0.15, 0.2) is 18.2 Å². The zero-order valence-corrected chi connectivity index (χ0v) is 12.8. The summed E-state index contributed by atoms with van der Waals surface area (Å²) in [6, 6.07) is 5.35. The average Bonchev–Trinajstić information content (AvgIpc) is 2.31. The van der Waals surface area contributed by atoms with E-state index in [1.54, 1.807) is 0 Å². The second-order valence-corrected chi connectivity index (χ2v) is 5.51. The highest BCUT2D eigenvalue weighted by Crippen LogP contribution is 2.16. The Morgan fingerprint density at radius 3 is 2.15 bits per heavy atom. The summed E-state index contributed by atoms with van der Waals surface area (Å²) >= 11 is 0. The van der Waals surface area contributed by atoms with Gasteiger partial charge in [0, 0.05) is 0 Å². The van der Waals surface area contributed by atoms with Gasteiger partial charge in [-0.1, -0.05) is 19.9 Å². The standard InChI is InChI=1S/C16H23NO3/c1-10(2)16(13(5)18)17-15(19)9-20-14-7-11(3)6-12(4)8-14/h6-8,10,16H,9H2,1-5H3,(H,17,19). The number of hydrogen-bond donors (Lipinski definition) is 1. The van der Waals surface area contributed by atoms with Crippen LogP contribution in [-0.2, 0) is 9.59 Å². The lowest BCUT2D eigenvalue weighted by Gasteiger charge is -2.19. The largest absolute Gasteiger partial charge is 0.484 e. The third-order valence-electron chi connectivity index (χ3n) is 2.99. The van der Waals surface area contributed by atoms with Crippen molar-refractivity contribution in [2.75, 3.05) is 6.61 Å². The number of Topliss-reactive ketones (excluding diaryl/α,β-unsaturated/α-hetero) is 1. The fourth-order valence-electron chi connectivity index (χ4n) is 2.12. The normalized spacial score (nSPS) is 12.1. The van der Waals surface area contributed by atoms with E-state index >= 15 is 0 Å². The minimum absolute atomic E-state index is 0.0419. The van der Waals surface area contributed by atoms with Gasteiger partial charge in [0.1, 0.15) is 5.75 Å². The molecule has 110 valence electrons. The van der Waals surface area contributed by atoms with Crippen LogP contribution in [0.25, 0.3) is 0 Å². The van der Waals surface area contributed by atoms with Crippen molar-refractivity contribution in [2.45, 2.75) is 40.7 Å². The van der Waals surface area contributed by atoms with Crippen LogP contribution in [0.1, 0.15) is 31.9 Å². The lowest BCUT2D eigenvalue weighted by atomic mass is 10.0. The van der Waals surface area contributed by atoms with Gasteiger partial charge >= 0.3 is 0 Å². The molecule has 1 aromatic carbocycles. The lowest BCUT2D eigenvalue weighted by Crippen LogP contribution is -2.45. The molecule has 0 saturated carbocycles. The van der Waals surface area contributed by atoms with E-state index in [4.69, 9.17) is 4.74 Å². The quantitative estimate of drug-likeness (QED) is 0.868. The van der Waals surface area contributed by atoms with Crippen molar-refractivity contribution in [1.29, 1.82) is 0 Å². The number of ether oxygens (including phenoxy) is 1. The van der Waals surface area contributed by atoms with Crippen LogP contribution in [0.4, 0.5) is 0 Å². The molecule has 0 aliphatic carbocycles. The summed E-state index contributed by atoms with van der Waals surface area (Å²) in [7, 11) is 0. The molecular weight excluding hydrogens is 254 g/mol. The summed E-state index contributed by atoms with van der Waals surface area (Å²) in [5, 5.41) is 2.70. The molecule has 0 fully saturated rings. The summed E-state index contributed by atoms with van der Waals surface area (Å²) in [4.78, 5) is 23.2. The number of ketones is 1. The monoisotopic (exact) mass is 277 g/mol. The molecule has 1 N–H and O–H groups in total.